The molecule has 0 unspecified atom stereocenters. The number of amides is 1. The van der Waals surface area contributed by atoms with Crippen molar-refractivity contribution in [2.24, 2.45) is 0 Å². The molecule has 3 heteroatoms. The van der Waals surface area contributed by atoms with Crippen LogP contribution >= 0.6 is 0 Å². The predicted octanol–water partition coefficient (Wildman–Crippen LogP) is 2.88. The minimum absolute atomic E-state index is 0.0112. The number of benzene rings is 1. The number of rotatable bonds is 1. The number of carbonyl (C=O) groups excluding carboxylic acids is 1. The molecule has 0 spiro atoms. The van der Waals surface area contributed by atoms with Crippen LogP contribution in [-0.4, -0.2) is 12.5 Å². The number of carbonyl (C=O) groups is 1. The lowest BCUT2D eigenvalue weighted by atomic mass is 9.84. The Balaban J connectivity index is 2.58. The van der Waals surface area contributed by atoms with E-state index in [9.17, 15) is 4.79 Å². The summed E-state index contributed by atoms with van der Waals surface area (Å²) in [6.45, 7) is 8.69. The van der Waals surface area contributed by atoms with Gasteiger partial charge in [0, 0.05) is 5.56 Å². The Bertz CT molecular complexity index is 458. The number of nitrogens with one attached hydrogen (secondary N) is 1. The zero-order valence-corrected chi connectivity index (χ0v) is 10.9. The summed E-state index contributed by atoms with van der Waals surface area (Å²) in [5.41, 5.74) is 3.20. The van der Waals surface area contributed by atoms with Gasteiger partial charge in [0.1, 0.15) is 5.75 Å². The highest BCUT2D eigenvalue weighted by Crippen LogP contribution is 2.39. The Morgan fingerprint density at radius 2 is 2.06 bits per heavy atom. The summed E-state index contributed by atoms with van der Waals surface area (Å²) in [7, 11) is 0. The van der Waals surface area contributed by atoms with E-state index in [1.54, 1.807) is 0 Å². The minimum Gasteiger partial charge on any atom is -0.481 e. The number of hydrogen-bond acceptors (Lipinski definition) is 2. The number of hydrogen-bond donors (Lipinski definition) is 1. The fourth-order valence-electron chi connectivity index (χ4n) is 2.02. The Hall–Kier alpha value is -1.51. The van der Waals surface area contributed by atoms with E-state index < -0.39 is 0 Å². The molecule has 1 amide bonds. The van der Waals surface area contributed by atoms with Crippen LogP contribution in [0.1, 0.15) is 38.8 Å². The molecule has 0 saturated carbocycles. The van der Waals surface area contributed by atoms with Crippen LogP contribution in [0.3, 0.4) is 0 Å². The molecule has 1 aromatic rings. The van der Waals surface area contributed by atoms with E-state index in [1.807, 2.05) is 6.07 Å². The van der Waals surface area contributed by atoms with Gasteiger partial charge in [-0.05, 0) is 23.5 Å². The molecule has 0 aliphatic carbocycles. The van der Waals surface area contributed by atoms with Gasteiger partial charge in [-0.25, -0.2) is 0 Å². The number of ether oxygens (including phenoxy) is 1. The minimum atomic E-state index is -0.0781. The summed E-state index contributed by atoms with van der Waals surface area (Å²) in [5.74, 6) is 0.750. The molecule has 1 heterocycles. The van der Waals surface area contributed by atoms with E-state index in [2.05, 4.69) is 39.1 Å². The van der Waals surface area contributed by atoms with Gasteiger partial charge in [0.25, 0.3) is 5.91 Å². The first kappa shape index (κ1) is 12.0. The van der Waals surface area contributed by atoms with Crippen molar-refractivity contribution < 1.29 is 9.53 Å². The Morgan fingerprint density at radius 3 is 2.65 bits per heavy atom. The zero-order chi connectivity index (χ0) is 12.6. The van der Waals surface area contributed by atoms with Crippen molar-refractivity contribution in [2.45, 2.75) is 39.5 Å². The van der Waals surface area contributed by atoms with Gasteiger partial charge in [0.05, 0.1) is 5.69 Å². The molecule has 92 valence electrons. The van der Waals surface area contributed by atoms with Gasteiger partial charge in [-0.3, -0.25) is 4.79 Å². The van der Waals surface area contributed by atoms with Crippen LogP contribution in [0.25, 0.3) is 0 Å². The third-order valence-electron chi connectivity index (χ3n) is 2.99. The molecule has 1 aromatic carbocycles. The molecule has 0 aromatic heterocycles. The third kappa shape index (κ3) is 2.28. The summed E-state index contributed by atoms with van der Waals surface area (Å²) in [5, 5.41) is 2.88. The maximum Gasteiger partial charge on any atom is 0.262 e. The molecular weight excluding hydrogens is 214 g/mol. The lowest BCUT2D eigenvalue weighted by molar-refractivity contribution is -0.118. The lowest BCUT2D eigenvalue weighted by Crippen LogP contribution is -2.28. The van der Waals surface area contributed by atoms with E-state index in [0.29, 0.717) is 0 Å². The van der Waals surface area contributed by atoms with Gasteiger partial charge in [0.15, 0.2) is 6.61 Å². The molecule has 1 aliphatic rings. The average Bonchev–Trinajstić information content (AvgIpc) is 2.25. The highest BCUT2D eigenvalue weighted by Gasteiger charge is 2.26. The fourth-order valence-corrected chi connectivity index (χ4v) is 2.02. The number of fused-ring (bicyclic) bond motifs is 1. The molecule has 0 radical (unpaired) electrons. The summed E-state index contributed by atoms with van der Waals surface area (Å²) in [4.78, 5) is 11.4. The second-order valence-corrected chi connectivity index (χ2v) is 5.46. The molecule has 1 N–H and O–H groups in total. The molecule has 0 atom stereocenters. The molecule has 1 aliphatic heterocycles. The molecule has 17 heavy (non-hydrogen) atoms. The topological polar surface area (TPSA) is 38.3 Å². The molecule has 0 bridgehead atoms. The molecule has 0 saturated heterocycles. The standard InChI is InChI=1S/C14H19NO2/c1-5-9-6-10(14(2,3)4)13-11(7-9)15-12(16)8-17-13/h6-7H,5,8H2,1-4H3,(H,15,16). The Morgan fingerprint density at radius 1 is 1.35 bits per heavy atom. The van der Waals surface area contributed by atoms with E-state index in [1.165, 1.54) is 5.56 Å². The van der Waals surface area contributed by atoms with Crippen molar-refractivity contribution in [2.75, 3.05) is 11.9 Å². The first-order chi connectivity index (χ1) is 7.91. The monoisotopic (exact) mass is 233 g/mol. The van der Waals surface area contributed by atoms with Crippen molar-refractivity contribution in [3.8, 4) is 5.75 Å². The number of anilines is 1. The third-order valence-corrected chi connectivity index (χ3v) is 2.99. The summed E-state index contributed by atoms with van der Waals surface area (Å²) in [6.07, 6.45) is 0.951. The van der Waals surface area contributed by atoms with Gasteiger partial charge in [-0.15, -0.1) is 0 Å². The Kier molecular flexibility index (Phi) is 2.86. The van der Waals surface area contributed by atoms with Gasteiger partial charge >= 0.3 is 0 Å². The lowest BCUT2D eigenvalue weighted by Gasteiger charge is -2.28. The average molecular weight is 233 g/mol. The van der Waals surface area contributed by atoms with Crippen molar-refractivity contribution >= 4 is 11.6 Å². The van der Waals surface area contributed by atoms with Gasteiger partial charge < -0.3 is 10.1 Å². The van der Waals surface area contributed by atoms with Crippen LogP contribution in [0.4, 0.5) is 5.69 Å². The molecule has 0 fully saturated rings. The smallest absolute Gasteiger partial charge is 0.262 e. The van der Waals surface area contributed by atoms with Gasteiger partial charge in [-0.2, -0.15) is 0 Å². The maximum atomic E-state index is 11.4. The van der Waals surface area contributed by atoms with Crippen LogP contribution in [0.5, 0.6) is 5.75 Å². The quantitative estimate of drug-likeness (QED) is 0.810. The molecular formula is C14H19NO2. The largest absolute Gasteiger partial charge is 0.481 e. The van der Waals surface area contributed by atoms with E-state index in [4.69, 9.17) is 4.74 Å². The van der Waals surface area contributed by atoms with Crippen molar-refractivity contribution in [3.63, 3.8) is 0 Å². The second kappa shape index (κ2) is 4.06. The normalized spacial score (nSPS) is 14.9. The van der Waals surface area contributed by atoms with E-state index in [0.717, 1.165) is 23.4 Å². The second-order valence-electron chi connectivity index (χ2n) is 5.46. The maximum absolute atomic E-state index is 11.4. The van der Waals surface area contributed by atoms with Gasteiger partial charge in [-0.1, -0.05) is 33.8 Å². The summed E-state index contributed by atoms with van der Waals surface area (Å²) in [6, 6.07) is 4.18. The van der Waals surface area contributed by atoms with Gasteiger partial charge in [0.2, 0.25) is 0 Å². The molecule has 3 nitrogen and oxygen atoms in total. The fraction of sp³-hybridized carbons (Fsp3) is 0.500. The van der Waals surface area contributed by atoms with Crippen LogP contribution in [0.15, 0.2) is 12.1 Å². The van der Waals surface area contributed by atoms with Crippen LogP contribution in [0, 0.1) is 0 Å². The molecule has 2 rings (SSSR count). The van der Waals surface area contributed by atoms with Crippen LogP contribution in [-0.2, 0) is 16.6 Å². The van der Waals surface area contributed by atoms with Crippen molar-refractivity contribution in [3.05, 3.63) is 23.3 Å². The highest BCUT2D eigenvalue weighted by atomic mass is 16.5. The van der Waals surface area contributed by atoms with Crippen LogP contribution < -0.4 is 10.1 Å². The SMILES string of the molecule is CCc1cc2c(c(C(C)(C)C)c1)OCC(=O)N2. The zero-order valence-electron chi connectivity index (χ0n) is 10.9. The predicted molar refractivity (Wildman–Crippen MR) is 68.6 cm³/mol. The van der Waals surface area contributed by atoms with Crippen molar-refractivity contribution in [1.29, 1.82) is 0 Å². The first-order valence-corrected chi connectivity index (χ1v) is 6.02. The highest BCUT2D eigenvalue weighted by molar-refractivity contribution is 5.96. The van der Waals surface area contributed by atoms with E-state index >= 15 is 0 Å². The van der Waals surface area contributed by atoms with Crippen molar-refractivity contribution in [1.82, 2.24) is 0 Å². The van der Waals surface area contributed by atoms with Crippen LogP contribution in [0.2, 0.25) is 0 Å². The number of aryl methyl sites for hydroxylation is 1. The summed E-state index contributed by atoms with van der Waals surface area (Å²) < 4.78 is 5.58. The Labute approximate surface area is 102 Å². The summed E-state index contributed by atoms with van der Waals surface area (Å²) >= 11 is 0. The van der Waals surface area contributed by atoms with E-state index in [-0.39, 0.29) is 17.9 Å². The first-order valence-electron chi connectivity index (χ1n) is 6.02.